The molecule has 1 heterocycles. The first kappa shape index (κ1) is 12.6. The van der Waals surface area contributed by atoms with E-state index in [0.29, 0.717) is 0 Å². The molecule has 4 rings (SSSR count). The Morgan fingerprint density at radius 3 is 2.14 bits per heavy atom. The molecular formula is C19H14OS. The van der Waals surface area contributed by atoms with Gasteiger partial charge in [-0.3, -0.25) is 0 Å². The zero-order chi connectivity index (χ0) is 14.2. The lowest BCUT2D eigenvalue weighted by Crippen LogP contribution is -1.95. The molecule has 2 heteroatoms. The molecule has 0 fully saturated rings. The second-order valence-corrected chi connectivity index (χ2v) is 6.31. The summed E-state index contributed by atoms with van der Waals surface area (Å²) in [5.74, 6) is 0. The maximum Gasteiger partial charge on any atom is 0.113 e. The van der Waals surface area contributed by atoms with E-state index >= 15 is 0 Å². The van der Waals surface area contributed by atoms with Gasteiger partial charge in [0.2, 0.25) is 0 Å². The number of hydrogen-bond acceptors (Lipinski definition) is 2. The van der Waals surface area contributed by atoms with Crippen LogP contribution in [-0.4, -0.2) is 5.11 Å². The maximum atomic E-state index is 10.5. The lowest BCUT2D eigenvalue weighted by Gasteiger charge is -2.07. The standard InChI is InChI=1S/C19H14OS/c20-19(13-6-2-1-3-7-13)18-12-16-10-14-8-4-5-9-15(14)11-17(16)21-18/h1-12,19-20H/t19-/m0/s1. The summed E-state index contributed by atoms with van der Waals surface area (Å²) in [4.78, 5) is 0.992. The minimum atomic E-state index is -0.549. The molecule has 21 heavy (non-hydrogen) atoms. The zero-order valence-electron chi connectivity index (χ0n) is 11.4. The van der Waals surface area contributed by atoms with Gasteiger partial charge in [-0.25, -0.2) is 0 Å². The minimum Gasteiger partial charge on any atom is -0.383 e. The number of aliphatic hydroxyl groups is 1. The Balaban J connectivity index is 1.85. The van der Waals surface area contributed by atoms with E-state index in [4.69, 9.17) is 0 Å². The summed E-state index contributed by atoms with van der Waals surface area (Å²) in [6.45, 7) is 0. The van der Waals surface area contributed by atoms with E-state index in [1.807, 2.05) is 30.3 Å². The summed E-state index contributed by atoms with van der Waals surface area (Å²) in [6.07, 6.45) is -0.549. The molecule has 0 aliphatic rings. The van der Waals surface area contributed by atoms with Crippen molar-refractivity contribution in [2.45, 2.75) is 6.10 Å². The van der Waals surface area contributed by atoms with Crippen LogP contribution in [0.15, 0.2) is 72.8 Å². The normalized spacial score (nSPS) is 12.8. The molecule has 1 nitrogen and oxygen atoms in total. The highest BCUT2D eigenvalue weighted by Crippen LogP contribution is 2.35. The molecule has 0 spiro atoms. The predicted molar refractivity (Wildman–Crippen MR) is 89.8 cm³/mol. The fraction of sp³-hybridized carbons (Fsp3) is 0.0526. The summed E-state index contributed by atoms with van der Waals surface area (Å²) in [5, 5.41) is 14.2. The van der Waals surface area contributed by atoms with E-state index in [1.54, 1.807) is 11.3 Å². The van der Waals surface area contributed by atoms with Gasteiger partial charge in [0.05, 0.1) is 0 Å². The first-order chi connectivity index (χ1) is 10.3. The van der Waals surface area contributed by atoms with E-state index in [1.165, 1.54) is 20.9 Å². The first-order valence-corrected chi connectivity index (χ1v) is 7.78. The lowest BCUT2D eigenvalue weighted by molar-refractivity contribution is 0.224. The number of benzene rings is 3. The van der Waals surface area contributed by atoms with Crippen molar-refractivity contribution in [3.05, 3.63) is 83.2 Å². The average Bonchev–Trinajstić information content (AvgIpc) is 2.95. The van der Waals surface area contributed by atoms with Crippen LogP contribution >= 0.6 is 11.3 Å². The summed E-state index contributed by atoms with van der Waals surface area (Å²) in [5.41, 5.74) is 0.939. The topological polar surface area (TPSA) is 20.2 Å². The monoisotopic (exact) mass is 290 g/mol. The highest BCUT2D eigenvalue weighted by molar-refractivity contribution is 7.19. The molecule has 3 aromatic carbocycles. The van der Waals surface area contributed by atoms with Gasteiger partial charge in [-0.1, -0.05) is 54.6 Å². The summed E-state index contributed by atoms with van der Waals surface area (Å²) in [6, 6.07) is 24.7. The summed E-state index contributed by atoms with van der Waals surface area (Å²) in [7, 11) is 0. The van der Waals surface area contributed by atoms with Gasteiger partial charge >= 0.3 is 0 Å². The Morgan fingerprint density at radius 1 is 0.714 bits per heavy atom. The van der Waals surface area contributed by atoms with Gasteiger partial charge < -0.3 is 5.11 Å². The highest BCUT2D eigenvalue weighted by Gasteiger charge is 2.13. The second kappa shape index (κ2) is 4.99. The largest absolute Gasteiger partial charge is 0.383 e. The Hall–Kier alpha value is -2.16. The van der Waals surface area contributed by atoms with Crippen molar-refractivity contribution in [3.8, 4) is 0 Å². The smallest absolute Gasteiger partial charge is 0.113 e. The van der Waals surface area contributed by atoms with Crippen LogP contribution in [0.1, 0.15) is 16.5 Å². The van der Waals surface area contributed by atoms with Crippen LogP contribution in [0.25, 0.3) is 20.9 Å². The van der Waals surface area contributed by atoms with Gasteiger partial charge in [-0.15, -0.1) is 11.3 Å². The molecule has 0 aliphatic heterocycles. The van der Waals surface area contributed by atoms with Gasteiger partial charge in [-0.05, 0) is 39.9 Å². The van der Waals surface area contributed by atoms with E-state index < -0.39 is 6.10 Å². The molecule has 0 saturated carbocycles. The van der Waals surface area contributed by atoms with E-state index in [9.17, 15) is 5.11 Å². The molecule has 0 aliphatic carbocycles. The van der Waals surface area contributed by atoms with Crippen molar-refractivity contribution < 1.29 is 5.11 Å². The van der Waals surface area contributed by atoms with Gasteiger partial charge in [0.1, 0.15) is 6.10 Å². The predicted octanol–water partition coefficient (Wildman–Crippen LogP) is 5.14. The number of rotatable bonds is 2. The second-order valence-electron chi connectivity index (χ2n) is 5.20. The van der Waals surface area contributed by atoms with Crippen molar-refractivity contribution in [3.63, 3.8) is 0 Å². The molecule has 0 saturated heterocycles. The average molecular weight is 290 g/mol. The van der Waals surface area contributed by atoms with Crippen LogP contribution in [0.3, 0.4) is 0 Å². The third-order valence-electron chi connectivity index (χ3n) is 3.79. The van der Waals surface area contributed by atoms with Gasteiger partial charge in [-0.2, -0.15) is 0 Å². The lowest BCUT2D eigenvalue weighted by atomic mass is 10.1. The van der Waals surface area contributed by atoms with Crippen molar-refractivity contribution in [1.82, 2.24) is 0 Å². The van der Waals surface area contributed by atoms with Crippen LogP contribution < -0.4 is 0 Å². The van der Waals surface area contributed by atoms with Crippen LogP contribution in [0.4, 0.5) is 0 Å². The van der Waals surface area contributed by atoms with Crippen molar-refractivity contribution in [2.75, 3.05) is 0 Å². The molecule has 1 atom stereocenters. The summed E-state index contributed by atoms with van der Waals surface area (Å²) < 4.78 is 1.22. The van der Waals surface area contributed by atoms with E-state index in [-0.39, 0.29) is 0 Å². The Kier molecular flexibility index (Phi) is 2.99. The summed E-state index contributed by atoms with van der Waals surface area (Å²) >= 11 is 1.67. The quantitative estimate of drug-likeness (QED) is 0.542. The van der Waals surface area contributed by atoms with Crippen LogP contribution in [0.2, 0.25) is 0 Å². The van der Waals surface area contributed by atoms with Crippen LogP contribution in [0, 0.1) is 0 Å². The minimum absolute atomic E-state index is 0.549. The fourth-order valence-electron chi connectivity index (χ4n) is 2.68. The molecule has 4 aromatic rings. The van der Waals surface area contributed by atoms with Crippen LogP contribution in [0.5, 0.6) is 0 Å². The molecule has 102 valence electrons. The van der Waals surface area contributed by atoms with E-state index in [0.717, 1.165) is 10.4 Å². The highest BCUT2D eigenvalue weighted by atomic mass is 32.1. The van der Waals surface area contributed by atoms with Crippen molar-refractivity contribution >= 4 is 32.2 Å². The first-order valence-electron chi connectivity index (χ1n) is 6.96. The Labute approximate surface area is 127 Å². The third-order valence-corrected chi connectivity index (χ3v) is 4.94. The number of aliphatic hydroxyl groups excluding tert-OH is 1. The van der Waals surface area contributed by atoms with Crippen LogP contribution in [-0.2, 0) is 0 Å². The van der Waals surface area contributed by atoms with Gasteiger partial charge in [0.25, 0.3) is 0 Å². The molecule has 0 unspecified atom stereocenters. The third kappa shape index (κ3) is 2.23. The molecule has 0 amide bonds. The molecule has 1 N–H and O–H groups in total. The Morgan fingerprint density at radius 2 is 1.38 bits per heavy atom. The SMILES string of the molecule is O[C@@H](c1ccccc1)c1cc2cc3ccccc3cc2s1. The van der Waals surface area contributed by atoms with Gasteiger partial charge in [0.15, 0.2) is 0 Å². The molecular weight excluding hydrogens is 276 g/mol. The fourth-order valence-corrected chi connectivity index (χ4v) is 3.79. The van der Waals surface area contributed by atoms with Crippen molar-refractivity contribution in [1.29, 1.82) is 0 Å². The molecule has 1 aromatic heterocycles. The maximum absolute atomic E-state index is 10.5. The van der Waals surface area contributed by atoms with E-state index in [2.05, 4.69) is 42.5 Å². The van der Waals surface area contributed by atoms with Gasteiger partial charge in [0, 0.05) is 9.58 Å². The van der Waals surface area contributed by atoms with Crippen molar-refractivity contribution in [2.24, 2.45) is 0 Å². The molecule has 0 bridgehead atoms. The Bertz CT molecular complexity index is 856. The molecule has 0 radical (unpaired) electrons. The number of thiophene rings is 1. The number of hydrogen-bond donors (Lipinski definition) is 1. The number of fused-ring (bicyclic) bond motifs is 2. The zero-order valence-corrected chi connectivity index (χ0v) is 12.2.